The van der Waals surface area contributed by atoms with Crippen molar-refractivity contribution in [1.29, 1.82) is 0 Å². The second-order valence-corrected chi connectivity index (χ2v) is 7.13. The van der Waals surface area contributed by atoms with Crippen LogP contribution in [0.25, 0.3) is 10.1 Å². The highest BCUT2D eigenvalue weighted by atomic mass is 32.1. The van der Waals surface area contributed by atoms with Crippen LogP contribution in [0.3, 0.4) is 0 Å². The van der Waals surface area contributed by atoms with E-state index in [0.29, 0.717) is 19.5 Å². The van der Waals surface area contributed by atoms with Crippen LogP contribution in [0.1, 0.15) is 17.8 Å². The van der Waals surface area contributed by atoms with Gasteiger partial charge in [-0.15, -0.1) is 11.3 Å². The van der Waals surface area contributed by atoms with E-state index in [0.717, 1.165) is 17.8 Å². The summed E-state index contributed by atoms with van der Waals surface area (Å²) in [6.07, 6.45) is 1.39. The number of thiophene rings is 1. The fourth-order valence-electron chi connectivity index (χ4n) is 3.21. The maximum absolute atomic E-state index is 12.5. The number of aryl methyl sites for hydroxylation is 2. The van der Waals surface area contributed by atoms with Crippen LogP contribution in [0.2, 0.25) is 0 Å². The van der Waals surface area contributed by atoms with Gasteiger partial charge in [0.05, 0.1) is 5.92 Å². The first-order valence-corrected chi connectivity index (χ1v) is 8.86. The van der Waals surface area contributed by atoms with Crippen LogP contribution in [-0.4, -0.2) is 20.3 Å². The molecule has 1 atom stereocenters. The minimum Gasteiger partial charge on any atom is -0.352 e. The van der Waals surface area contributed by atoms with E-state index in [1.165, 1.54) is 14.8 Å². The fourth-order valence-corrected chi connectivity index (χ4v) is 3.98. The normalized spacial score (nSPS) is 17.0. The molecule has 0 saturated heterocycles. The topological polar surface area (TPSA) is 68.9 Å². The number of carbonyl (C=O) groups is 1. The minimum absolute atomic E-state index is 0.00168. The molecule has 6 nitrogen and oxygen atoms in total. The zero-order chi connectivity index (χ0) is 16.7. The van der Waals surface area contributed by atoms with Crippen molar-refractivity contribution in [2.75, 3.05) is 0 Å². The molecule has 1 aliphatic heterocycles. The van der Waals surface area contributed by atoms with Crippen LogP contribution < -0.4 is 11.0 Å². The van der Waals surface area contributed by atoms with Crippen molar-refractivity contribution >= 4 is 27.3 Å². The van der Waals surface area contributed by atoms with Crippen LogP contribution in [0, 0.1) is 5.92 Å². The number of benzene rings is 1. The molecule has 0 fully saturated rings. The SMILES string of the molecule is Cn1nc2n(c1=O)CC(C(=O)NCc1ccc3sccc3c1)CC2. The number of rotatable bonds is 3. The third-order valence-corrected chi connectivity index (χ3v) is 5.46. The first kappa shape index (κ1) is 15.1. The molecule has 1 amide bonds. The van der Waals surface area contributed by atoms with Crippen LogP contribution in [0.4, 0.5) is 0 Å². The summed E-state index contributed by atoms with van der Waals surface area (Å²) in [5.74, 6) is 0.598. The maximum atomic E-state index is 12.5. The fraction of sp³-hybridized carbons (Fsp3) is 0.353. The van der Waals surface area contributed by atoms with Gasteiger partial charge in [0.15, 0.2) is 0 Å². The molecule has 0 saturated carbocycles. The van der Waals surface area contributed by atoms with Gasteiger partial charge >= 0.3 is 5.69 Å². The summed E-state index contributed by atoms with van der Waals surface area (Å²) in [6, 6.07) is 8.33. The van der Waals surface area contributed by atoms with E-state index in [9.17, 15) is 9.59 Å². The summed E-state index contributed by atoms with van der Waals surface area (Å²) in [5.41, 5.74) is 0.940. The van der Waals surface area contributed by atoms with Gasteiger partial charge in [-0.05, 0) is 40.9 Å². The van der Waals surface area contributed by atoms with Gasteiger partial charge in [0.1, 0.15) is 5.82 Å². The van der Waals surface area contributed by atoms with E-state index in [4.69, 9.17) is 0 Å². The van der Waals surface area contributed by atoms with Crippen molar-refractivity contribution in [3.8, 4) is 0 Å². The lowest BCUT2D eigenvalue weighted by Crippen LogP contribution is -2.38. The van der Waals surface area contributed by atoms with Gasteiger partial charge in [-0.3, -0.25) is 9.36 Å². The number of carbonyl (C=O) groups excluding carboxylic acids is 1. The Morgan fingerprint density at radius 3 is 3.17 bits per heavy atom. The summed E-state index contributed by atoms with van der Waals surface area (Å²) in [4.78, 5) is 24.5. The summed E-state index contributed by atoms with van der Waals surface area (Å²) >= 11 is 1.71. The number of hydrogen-bond donors (Lipinski definition) is 1. The highest BCUT2D eigenvalue weighted by Gasteiger charge is 2.27. The van der Waals surface area contributed by atoms with Crippen LogP contribution in [0.5, 0.6) is 0 Å². The molecule has 4 rings (SSSR count). The van der Waals surface area contributed by atoms with E-state index in [1.807, 2.05) is 6.07 Å². The molecule has 3 heterocycles. The van der Waals surface area contributed by atoms with Gasteiger partial charge in [0.25, 0.3) is 0 Å². The largest absolute Gasteiger partial charge is 0.352 e. The van der Waals surface area contributed by atoms with Crippen molar-refractivity contribution in [1.82, 2.24) is 19.7 Å². The van der Waals surface area contributed by atoms with E-state index >= 15 is 0 Å². The maximum Gasteiger partial charge on any atom is 0.345 e. The number of nitrogens with one attached hydrogen (secondary N) is 1. The quantitative estimate of drug-likeness (QED) is 0.787. The van der Waals surface area contributed by atoms with Gasteiger partial charge in [-0.1, -0.05) is 6.07 Å². The molecule has 0 aliphatic carbocycles. The van der Waals surface area contributed by atoms with E-state index in [1.54, 1.807) is 23.0 Å². The Balaban J connectivity index is 1.43. The highest BCUT2D eigenvalue weighted by molar-refractivity contribution is 7.17. The molecule has 0 bridgehead atoms. The van der Waals surface area contributed by atoms with Crippen LogP contribution in [0.15, 0.2) is 34.4 Å². The van der Waals surface area contributed by atoms with Gasteiger partial charge < -0.3 is 5.32 Å². The third-order valence-electron chi connectivity index (χ3n) is 4.56. The average Bonchev–Trinajstić information content (AvgIpc) is 3.17. The molecule has 1 aromatic carbocycles. The van der Waals surface area contributed by atoms with E-state index in [-0.39, 0.29) is 17.5 Å². The molecular formula is C17H18N4O2S. The number of aromatic nitrogens is 3. The van der Waals surface area contributed by atoms with Crippen molar-refractivity contribution in [3.05, 3.63) is 51.5 Å². The summed E-state index contributed by atoms with van der Waals surface area (Å²) in [7, 11) is 1.64. The highest BCUT2D eigenvalue weighted by Crippen LogP contribution is 2.22. The average molecular weight is 342 g/mol. The Morgan fingerprint density at radius 1 is 1.42 bits per heavy atom. The summed E-state index contributed by atoms with van der Waals surface area (Å²) < 4.78 is 4.21. The second kappa shape index (κ2) is 5.90. The predicted molar refractivity (Wildman–Crippen MR) is 93.0 cm³/mol. The Labute approximate surface area is 142 Å². The molecule has 7 heteroatoms. The van der Waals surface area contributed by atoms with Crippen molar-refractivity contribution in [2.24, 2.45) is 13.0 Å². The molecule has 2 aromatic heterocycles. The lowest BCUT2D eigenvalue weighted by molar-refractivity contribution is -0.126. The van der Waals surface area contributed by atoms with Gasteiger partial charge in [0.2, 0.25) is 5.91 Å². The molecular weight excluding hydrogens is 324 g/mol. The third kappa shape index (κ3) is 2.65. The lowest BCUT2D eigenvalue weighted by atomic mass is 9.98. The lowest BCUT2D eigenvalue weighted by Gasteiger charge is -2.21. The number of amides is 1. The smallest absolute Gasteiger partial charge is 0.345 e. The van der Waals surface area contributed by atoms with Gasteiger partial charge in [0, 0.05) is 31.3 Å². The number of fused-ring (bicyclic) bond motifs is 2. The Bertz CT molecular complexity index is 969. The Kier molecular flexibility index (Phi) is 3.72. The molecule has 1 unspecified atom stereocenters. The first-order chi connectivity index (χ1) is 11.6. The van der Waals surface area contributed by atoms with Crippen molar-refractivity contribution < 1.29 is 4.79 Å². The number of nitrogens with zero attached hydrogens (tertiary/aromatic N) is 3. The van der Waals surface area contributed by atoms with E-state index < -0.39 is 0 Å². The zero-order valence-corrected chi connectivity index (χ0v) is 14.2. The Hall–Kier alpha value is -2.41. The molecule has 0 radical (unpaired) electrons. The van der Waals surface area contributed by atoms with E-state index in [2.05, 4.69) is 34.0 Å². The predicted octanol–water partition coefficient (Wildman–Crippen LogP) is 1.68. The Morgan fingerprint density at radius 2 is 2.29 bits per heavy atom. The molecule has 1 N–H and O–H groups in total. The first-order valence-electron chi connectivity index (χ1n) is 7.98. The summed E-state index contributed by atoms with van der Waals surface area (Å²) in [5, 5.41) is 10.5. The zero-order valence-electron chi connectivity index (χ0n) is 13.4. The molecule has 0 spiro atoms. The molecule has 1 aliphatic rings. The van der Waals surface area contributed by atoms with Crippen molar-refractivity contribution in [2.45, 2.75) is 25.9 Å². The molecule has 124 valence electrons. The second-order valence-electron chi connectivity index (χ2n) is 6.18. The van der Waals surface area contributed by atoms with Crippen molar-refractivity contribution in [3.63, 3.8) is 0 Å². The van der Waals surface area contributed by atoms with Gasteiger partial charge in [-0.2, -0.15) is 5.10 Å². The molecule has 24 heavy (non-hydrogen) atoms. The monoisotopic (exact) mass is 342 g/mol. The van der Waals surface area contributed by atoms with Crippen LogP contribution in [-0.2, 0) is 31.4 Å². The van der Waals surface area contributed by atoms with Gasteiger partial charge in [-0.25, -0.2) is 9.48 Å². The minimum atomic E-state index is -0.177. The molecule has 3 aromatic rings. The summed E-state index contributed by atoms with van der Waals surface area (Å²) in [6.45, 7) is 0.924. The number of hydrogen-bond acceptors (Lipinski definition) is 4. The standard InChI is InChI=1S/C17H18N4O2S/c1-20-17(23)21-10-13(3-5-15(21)19-20)16(22)18-9-11-2-4-14-12(8-11)6-7-24-14/h2,4,6-8,13H,3,5,9-10H2,1H3,(H,18,22). The van der Waals surface area contributed by atoms with Crippen LogP contribution >= 0.6 is 11.3 Å².